The van der Waals surface area contributed by atoms with Gasteiger partial charge >= 0.3 is 5.97 Å². The van der Waals surface area contributed by atoms with Crippen LogP contribution in [0.25, 0.3) is 10.1 Å². The normalized spacial score (nSPS) is 22.9. The second kappa shape index (κ2) is 12.9. The van der Waals surface area contributed by atoms with Gasteiger partial charge in [0, 0.05) is 35.4 Å². The molecule has 2 atom stereocenters. The van der Waals surface area contributed by atoms with Crippen molar-refractivity contribution in [2.45, 2.75) is 61.7 Å². The van der Waals surface area contributed by atoms with Crippen LogP contribution in [0, 0.1) is 5.92 Å². The molecule has 3 fully saturated rings. The number of hydrogen-bond donors (Lipinski definition) is 1. The first-order valence-electron chi connectivity index (χ1n) is 14.3. The molecule has 1 aromatic carbocycles. The number of benzene rings is 1. The Morgan fingerprint density at radius 3 is 2.59 bits per heavy atom. The van der Waals surface area contributed by atoms with E-state index in [1.807, 2.05) is 11.8 Å². The number of hydrogen-bond acceptors (Lipinski definition) is 8. The molecule has 0 radical (unpaired) electrons. The highest BCUT2D eigenvalue weighted by molar-refractivity contribution is 7.91. The molecule has 0 spiro atoms. The molecule has 41 heavy (non-hydrogen) atoms. The Labute approximate surface area is 250 Å². The average Bonchev–Trinajstić information content (AvgIpc) is 3.59. The van der Waals surface area contributed by atoms with Gasteiger partial charge in [0.05, 0.1) is 19.1 Å². The first-order chi connectivity index (χ1) is 19.6. The molecule has 1 aromatic heterocycles. The van der Waals surface area contributed by atoms with E-state index in [0.717, 1.165) is 66.7 Å². The topological polar surface area (TPSA) is 116 Å². The minimum absolute atomic E-state index is 0.0552. The van der Waals surface area contributed by atoms with E-state index in [2.05, 4.69) is 9.62 Å². The van der Waals surface area contributed by atoms with E-state index in [0.29, 0.717) is 37.6 Å². The summed E-state index contributed by atoms with van der Waals surface area (Å²) in [4.78, 5) is 44.4. The van der Waals surface area contributed by atoms with Gasteiger partial charge in [0.25, 0.3) is 10.0 Å². The Bertz CT molecular complexity index is 1390. The Morgan fingerprint density at radius 2 is 1.83 bits per heavy atom. The fourth-order valence-electron chi connectivity index (χ4n) is 6.09. The van der Waals surface area contributed by atoms with Crippen molar-refractivity contribution in [3.8, 4) is 0 Å². The quantitative estimate of drug-likeness (QED) is 0.426. The van der Waals surface area contributed by atoms with Crippen molar-refractivity contribution >= 4 is 60.8 Å². The number of carbonyl (C=O) groups is 3. The first-order valence-corrected chi connectivity index (χ1v) is 17.0. The molecule has 2 unspecified atom stereocenters. The Hall–Kier alpha value is -2.25. The number of piperidine rings is 2. The van der Waals surface area contributed by atoms with E-state index in [9.17, 15) is 22.8 Å². The van der Waals surface area contributed by atoms with Crippen molar-refractivity contribution in [3.63, 3.8) is 0 Å². The van der Waals surface area contributed by atoms with Gasteiger partial charge in [-0.05, 0) is 88.2 Å². The zero-order valence-electron chi connectivity index (χ0n) is 23.2. The second-order valence-corrected chi connectivity index (χ2v) is 14.5. The van der Waals surface area contributed by atoms with E-state index >= 15 is 0 Å². The summed E-state index contributed by atoms with van der Waals surface area (Å²) in [5.41, 5.74) is 0. The van der Waals surface area contributed by atoms with Crippen LogP contribution in [0.2, 0.25) is 5.02 Å². The van der Waals surface area contributed by atoms with Crippen LogP contribution in [-0.2, 0) is 29.1 Å². The summed E-state index contributed by atoms with van der Waals surface area (Å²) < 4.78 is 35.0. The summed E-state index contributed by atoms with van der Waals surface area (Å²) in [6.45, 7) is 5.56. The van der Waals surface area contributed by atoms with Crippen LogP contribution in [0.15, 0.2) is 28.5 Å². The van der Waals surface area contributed by atoms with Gasteiger partial charge in [-0.15, -0.1) is 11.3 Å². The standard InChI is InChI=1S/C28H37ClN4O6S2/c1-2-39-28(36)19-9-13-31(14-10-19)17-22-5-3-12-33(22)25(34)18-32-11-4-6-23(27(32)35)30-41(37,38)26-16-20-15-21(29)7-8-24(20)40-26/h7-8,15-16,19,22-23,30H,2-6,9-14,17-18H2,1H3. The molecule has 10 nitrogen and oxygen atoms in total. The van der Waals surface area contributed by atoms with Crippen LogP contribution in [-0.4, -0.2) is 98.9 Å². The minimum atomic E-state index is -3.92. The molecule has 4 heterocycles. The summed E-state index contributed by atoms with van der Waals surface area (Å²) in [6.07, 6.45) is 4.32. The number of ether oxygens (including phenoxy) is 1. The van der Waals surface area contributed by atoms with Gasteiger partial charge in [-0.3, -0.25) is 14.4 Å². The third-order valence-corrected chi connectivity index (χ3v) is 11.5. The van der Waals surface area contributed by atoms with E-state index in [1.165, 1.54) is 4.90 Å². The Morgan fingerprint density at radius 1 is 1.07 bits per heavy atom. The molecular weight excluding hydrogens is 588 g/mol. The highest BCUT2D eigenvalue weighted by Crippen LogP contribution is 2.31. The summed E-state index contributed by atoms with van der Waals surface area (Å²) in [7, 11) is -3.92. The van der Waals surface area contributed by atoms with Gasteiger partial charge in [-0.25, -0.2) is 8.42 Å². The molecule has 0 bridgehead atoms. The summed E-state index contributed by atoms with van der Waals surface area (Å²) in [5, 5.41) is 1.25. The third kappa shape index (κ3) is 7.05. The highest BCUT2D eigenvalue weighted by Gasteiger charge is 2.37. The number of amides is 2. The Kier molecular flexibility index (Phi) is 9.54. The van der Waals surface area contributed by atoms with E-state index < -0.39 is 16.1 Å². The lowest BCUT2D eigenvalue weighted by Gasteiger charge is -2.36. The maximum atomic E-state index is 13.4. The van der Waals surface area contributed by atoms with Gasteiger partial charge in [0.2, 0.25) is 11.8 Å². The number of thiophene rings is 1. The SMILES string of the molecule is CCOC(=O)C1CCN(CC2CCCN2C(=O)CN2CCCC(NS(=O)(=O)c3cc4cc(Cl)ccc4s3)C2=O)CC1. The molecule has 3 saturated heterocycles. The number of sulfonamides is 1. The summed E-state index contributed by atoms with van der Waals surface area (Å²) >= 11 is 7.17. The predicted octanol–water partition coefficient (Wildman–Crippen LogP) is 3.09. The molecule has 3 aliphatic rings. The van der Waals surface area contributed by atoms with E-state index in [4.69, 9.17) is 16.3 Å². The van der Waals surface area contributed by atoms with Crippen molar-refractivity contribution in [1.29, 1.82) is 0 Å². The van der Waals surface area contributed by atoms with Crippen LogP contribution in [0.3, 0.4) is 0 Å². The van der Waals surface area contributed by atoms with Gasteiger partial charge < -0.3 is 19.4 Å². The zero-order chi connectivity index (χ0) is 29.1. The van der Waals surface area contributed by atoms with Crippen molar-refractivity contribution in [3.05, 3.63) is 29.3 Å². The summed E-state index contributed by atoms with van der Waals surface area (Å²) in [5.74, 6) is -0.646. The van der Waals surface area contributed by atoms with Gasteiger partial charge in [-0.1, -0.05) is 11.6 Å². The molecule has 2 aromatic rings. The van der Waals surface area contributed by atoms with Crippen molar-refractivity contribution in [1.82, 2.24) is 19.4 Å². The molecular formula is C28H37ClN4O6S2. The molecule has 224 valence electrons. The molecule has 13 heteroatoms. The Balaban J connectivity index is 1.16. The number of nitrogens with zero attached hydrogens (tertiary/aromatic N) is 3. The minimum Gasteiger partial charge on any atom is -0.466 e. The molecule has 3 aliphatic heterocycles. The van der Waals surface area contributed by atoms with Gasteiger partial charge in [0.15, 0.2) is 0 Å². The van der Waals surface area contributed by atoms with Crippen LogP contribution in [0.4, 0.5) is 0 Å². The number of carbonyl (C=O) groups excluding carboxylic acids is 3. The van der Waals surface area contributed by atoms with Crippen molar-refractivity contribution in [2.24, 2.45) is 5.92 Å². The van der Waals surface area contributed by atoms with Crippen LogP contribution >= 0.6 is 22.9 Å². The first kappa shape index (κ1) is 30.2. The van der Waals surface area contributed by atoms with E-state index in [-0.39, 0.29) is 40.5 Å². The molecule has 1 N–H and O–H groups in total. The van der Waals surface area contributed by atoms with Crippen LogP contribution in [0.1, 0.15) is 45.4 Å². The van der Waals surface area contributed by atoms with Gasteiger partial charge in [-0.2, -0.15) is 4.72 Å². The molecule has 2 amide bonds. The smallest absolute Gasteiger partial charge is 0.309 e. The highest BCUT2D eigenvalue weighted by atomic mass is 35.5. The lowest BCUT2D eigenvalue weighted by molar-refractivity contribution is -0.149. The summed E-state index contributed by atoms with van der Waals surface area (Å²) in [6, 6.07) is 5.92. The third-order valence-electron chi connectivity index (χ3n) is 8.25. The maximum Gasteiger partial charge on any atom is 0.309 e. The number of rotatable bonds is 9. The largest absolute Gasteiger partial charge is 0.466 e. The van der Waals surface area contributed by atoms with Crippen molar-refractivity contribution < 1.29 is 27.5 Å². The number of likely N-dealkylation sites (tertiary alicyclic amines) is 3. The molecule has 0 saturated carbocycles. The van der Waals surface area contributed by atoms with E-state index in [1.54, 1.807) is 24.3 Å². The zero-order valence-corrected chi connectivity index (χ0v) is 25.6. The maximum absolute atomic E-state index is 13.4. The van der Waals surface area contributed by atoms with Crippen LogP contribution in [0.5, 0.6) is 0 Å². The molecule has 0 aliphatic carbocycles. The predicted molar refractivity (Wildman–Crippen MR) is 157 cm³/mol. The van der Waals surface area contributed by atoms with Crippen LogP contribution < -0.4 is 4.72 Å². The second-order valence-electron chi connectivity index (χ2n) is 11.0. The molecule has 5 rings (SSSR count). The fourth-order valence-corrected chi connectivity index (χ4v) is 8.89. The number of esters is 1. The average molecular weight is 625 g/mol. The van der Waals surface area contributed by atoms with Gasteiger partial charge in [0.1, 0.15) is 10.3 Å². The lowest BCUT2D eigenvalue weighted by atomic mass is 9.96. The number of nitrogens with one attached hydrogen (secondary N) is 1. The number of fused-ring (bicyclic) bond motifs is 1. The monoisotopic (exact) mass is 624 g/mol. The number of halogens is 1. The fraction of sp³-hybridized carbons (Fsp3) is 0.607. The van der Waals surface area contributed by atoms with Crippen molar-refractivity contribution in [2.75, 3.05) is 45.9 Å². The lowest BCUT2D eigenvalue weighted by Crippen LogP contribution is -2.55.